The summed E-state index contributed by atoms with van der Waals surface area (Å²) in [5, 5.41) is 43.3. The van der Waals surface area contributed by atoms with Crippen molar-refractivity contribution in [3.8, 4) is 11.5 Å². The van der Waals surface area contributed by atoms with Crippen LogP contribution in [-0.2, 0) is 11.6 Å². The second-order valence-electron chi connectivity index (χ2n) is 9.33. The van der Waals surface area contributed by atoms with E-state index in [0.29, 0.717) is 21.8 Å². The zero-order valence-corrected chi connectivity index (χ0v) is 20.4. The average molecular weight is 499 g/mol. The highest BCUT2D eigenvalue weighted by Crippen LogP contribution is 2.37. The highest BCUT2D eigenvalue weighted by atomic mass is 16.7. The molecule has 6 N–H and O–H groups in total. The van der Waals surface area contributed by atoms with Crippen LogP contribution in [0.3, 0.4) is 0 Å². The van der Waals surface area contributed by atoms with Gasteiger partial charge < -0.3 is 49.7 Å². The van der Waals surface area contributed by atoms with E-state index in [1.807, 2.05) is 0 Å². The first-order chi connectivity index (χ1) is 16.9. The first-order valence-corrected chi connectivity index (χ1v) is 11.2. The molecule has 0 amide bonds. The number of ether oxygens (including phenoxy) is 2. The van der Waals surface area contributed by atoms with Gasteiger partial charge in [-0.2, -0.15) is 0 Å². The first-order valence-electron chi connectivity index (χ1n) is 11.2. The molecule has 0 bridgehead atoms. The number of H-pyrrole nitrogens is 2. The lowest BCUT2D eigenvalue weighted by Crippen LogP contribution is -2.37. The van der Waals surface area contributed by atoms with Crippen molar-refractivity contribution in [2.75, 3.05) is 41.3 Å². The number of aromatic amines is 2. The summed E-state index contributed by atoms with van der Waals surface area (Å²) in [6, 6.07) is 9.74. The van der Waals surface area contributed by atoms with Gasteiger partial charge in [0.1, 0.15) is 11.5 Å². The van der Waals surface area contributed by atoms with Crippen LogP contribution in [0.1, 0.15) is 11.1 Å². The highest BCUT2D eigenvalue weighted by Gasteiger charge is 2.33. The van der Waals surface area contributed by atoms with Crippen molar-refractivity contribution in [3.63, 3.8) is 0 Å². The Kier molecular flexibility index (Phi) is 6.80. The zero-order valence-electron chi connectivity index (χ0n) is 20.4. The summed E-state index contributed by atoms with van der Waals surface area (Å²) in [6.45, 7) is -0.179. The first kappa shape index (κ1) is 25.6. The molecule has 0 aliphatic heterocycles. The highest BCUT2D eigenvalue weighted by molar-refractivity contribution is 5.93. The van der Waals surface area contributed by atoms with E-state index in [2.05, 4.69) is 9.97 Å². The fraction of sp³-hybridized carbons (Fsp3) is 0.320. The number of likely N-dealkylation sites (N-methyl/N-ethyl adjacent to an activating group) is 2. The van der Waals surface area contributed by atoms with Gasteiger partial charge in [-0.15, -0.1) is 0 Å². The second kappa shape index (κ2) is 9.54. The summed E-state index contributed by atoms with van der Waals surface area (Å²) in [7, 11) is 6.80. The minimum Gasteiger partial charge on any atom is -0.394 e. The van der Waals surface area contributed by atoms with E-state index in [0.717, 1.165) is 0 Å². The zero-order chi connectivity index (χ0) is 26.3. The number of nitrogens with one attached hydrogen (secondary N) is 2. The molecule has 2 heterocycles. The van der Waals surface area contributed by atoms with Crippen LogP contribution in [0.2, 0.25) is 0 Å². The van der Waals surface area contributed by atoms with Gasteiger partial charge in [0, 0.05) is 34.6 Å². The van der Waals surface area contributed by atoms with Crippen LogP contribution < -0.4 is 9.47 Å². The normalized spacial score (nSPS) is 12.7. The second-order valence-corrected chi connectivity index (χ2v) is 9.33. The lowest BCUT2D eigenvalue weighted by molar-refractivity contribution is -0.178. The number of carbonyl (C=O) groups excluding carboxylic acids is 1. The van der Waals surface area contributed by atoms with Crippen molar-refractivity contribution < 1.29 is 34.7 Å². The summed E-state index contributed by atoms with van der Waals surface area (Å²) in [4.78, 5) is 22.0. The molecule has 11 heteroatoms. The molecule has 0 saturated carbocycles. The Balaban J connectivity index is 1.67. The number of aromatic nitrogens is 2. The molecule has 0 saturated heterocycles. The molecule has 0 spiro atoms. The van der Waals surface area contributed by atoms with Gasteiger partial charge in [-0.25, -0.2) is 4.79 Å². The number of aliphatic hydroxyl groups is 4. The van der Waals surface area contributed by atoms with E-state index < -0.39 is 17.7 Å². The summed E-state index contributed by atoms with van der Waals surface area (Å²) in [5.41, 5.74) is 1.34. The average Bonchev–Trinajstić information content (AvgIpc) is 3.38. The molecule has 0 aliphatic carbocycles. The molecule has 2 aromatic heterocycles. The molecule has 11 nitrogen and oxygen atoms in total. The Morgan fingerprint density at radius 3 is 1.50 bits per heavy atom. The van der Waals surface area contributed by atoms with Gasteiger partial charge in [0.25, 0.3) is 0 Å². The van der Waals surface area contributed by atoms with Gasteiger partial charge in [0.05, 0.1) is 23.9 Å². The van der Waals surface area contributed by atoms with E-state index >= 15 is 0 Å². The Labute approximate surface area is 207 Å². The molecule has 2 aromatic carbocycles. The third kappa shape index (κ3) is 5.07. The van der Waals surface area contributed by atoms with Gasteiger partial charge in [-0.05, 0) is 52.5 Å². The Morgan fingerprint density at radius 1 is 0.750 bits per heavy atom. The van der Waals surface area contributed by atoms with Crippen molar-refractivity contribution >= 4 is 28.0 Å². The quantitative estimate of drug-likeness (QED) is 0.121. The van der Waals surface area contributed by atoms with Gasteiger partial charge in [0.2, 0.25) is 11.6 Å². The monoisotopic (exact) mass is 498 g/mol. The molecule has 192 valence electrons. The van der Waals surface area contributed by atoms with Gasteiger partial charge >= 0.3 is 6.16 Å². The van der Waals surface area contributed by atoms with Gasteiger partial charge in [-0.3, -0.25) is 0 Å². The van der Waals surface area contributed by atoms with Crippen LogP contribution in [-0.4, -0.2) is 87.6 Å². The summed E-state index contributed by atoms with van der Waals surface area (Å²) < 4.78 is 11.0. The maximum absolute atomic E-state index is 12.9. The molecule has 0 aliphatic rings. The van der Waals surface area contributed by atoms with Crippen LogP contribution in [0.25, 0.3) is 21.8 Å². The van der Waals surface area contributed by atoms with Crippen molar-refractivity contribution in [2.24, 2.45) is 0 Å². The van der Waals surface area contributed by atoms with E-state index in [-0.39, 0.29) is 35.7 Å². The van der Waals surface area contributed by atoms with Crippen molar-refractivity contribution in [3.05, 3.63) is 59.9 Å². The number of nitrogens with zero attached hydrogens (tertiary/aromatic N) is 2. The number of fused-ring (bicyclic) bond motifs is 2. The maximum atomic E-state index is 12.9. The largest absolute Gasteiger partial charge is 0.519 e. The minimum atomic E-state index is -2.21. The van der Waals surface area contributed by atoms with Crippen LogP contribution >= 0.6 is 0 Å². The fourth-order valence-corrected chi connectivity index (χ4v) is 4.36. The predicted molar refractivity (Wildman–Crippen MR) is 133 cm³/mol. The third-order valence-electron chi connectivity index (χ3n) is 5.66. The molecule has 0 radical (unpaired) electrons. The SMILES string of the molecule is CN(C)CC(O)(O)c1c[nH]c2cccc(OC(=O)Oc3cccc4[nH]cc(C(O)(O)CN(C)C)c34)c12. The summed E-state index contributed by atoms with van der Waals surface area (Å²) >= 11 is 0. The van der Waals surface area contributed by atoms with Crippen molar-refractivity contribution in [2.45, 2.75) is 11.6 Å². The van der Waals surface area contributed by atoms with E-state index in [9.17, 15) is 25.2 Å². The van der Waals surface area contributed by atoms with E-state index in [4.69, 9.17) is 9.47 Å². The number of hydrogen-bond acceptors (Lipinski definition) is 9. The minimum absolute atomic E-state index is 0.0627. The number of benzene rings is 2. The molecule has 36 heavy (non-hydrogen) atoms. The maximum Gasteiger partial charge on any atom is 0.519 e. The number of carbonyl (C=O) groups is 1. The third-order valence-corrected chi connectivity index (χ3v) is 5.66. The summed E-state index contributed by atoms with van der Waals surface area (Å²) in [6.07, 6.45) is 1.82. The van der Waals surface area contributed by atoms with Crippen molar-refractivity contribution in [1.82, 2.24) is 19.8 Å². The Hall–Kier alpha value is -3.45. The van der Waals surface area contributed by atoms with Gasteiger partial charge in [0.15, 0.2) is 0 Å². The Bertz CT molecular complexity index is 1280. The van der Waals surface area contributed by atoms with Crippen LogP contribution in [0, 0.1) is 0 Å². The van der Waals surface area contributed by atoms with E-state index in [1.165, 1.54) is 24.5 Å². The molecule has 0 atom stereocenters. The van der Waals surface area contributed by atoms with Crippen LogP contribution in [0.5, 0.6) is 11.5 Å². The molecular weight excluding hydrogens is 468 g/mol. The summed E-state index contributed by atoms with van der Waals surface area (Å²) in [5.74, 6) is -4.30. The lowest BCUT2D eigenvalue weighted by Gasteiger charge is -2.25. The number of rotatable bonds is 8. The van der Waals surface area contributed by atoms with Crippen LogP contribution in [0.4, 0.5) is 4.79 Å². The smallest absolute Gasteiger partial charge is 0.394 e. The molecule has 4 aromatic rings. The fourth-order valence-electron chi connectivity index (χ4n) is 4.36. The lowest BCUT2D eigenvalue weighted by atomic mass is 10.0. The predicted octanol–water partition coefficient (Wildman–Crippen LogP) is 1.62. The molecule has 0 unspecified atom stereocenters. The topological polar surface area (TPSA) is 155 Å². The van der Waals surface area contributed by atoms with Gasteiger partial charge in [-0.1, -0.05) is 12.1 Å². The Morgan fingerprint density at radius 2 is 1.14 bits per heavy atom. The molecular formula is C25H30N4O7. The molecule has 4 rings (SSSR count). The number of hydrogen-bond donors (Lipinski definition) is 6. The van der Waals surface area contributed by atoms with E-state index in [1.54, 1.807) is 62.3 Å². The standard InChI is InChI=1S/C25H30N4O7/c1-28(2)13-24(31,32)15-11-26-17-7-5-9-19(21(15)17)35-23(30)36-20-10-6-8-18-22(20)16(12-27-18)25(33,34)14-29(3)4/h5-12,26-27,31-34H,13-14H2,1-4H3. The van der Waals surface area contributed by atoms with Crippen LogP contribution in [0.15, 0.2) is 48.8 Å². The van der Waals surface area contributed by atoms with Crippen molar-refractivity contribution in [1.29, 1.82) is 0 Å². The molecule has 0 fully saturated rings.